The predicted octanol–water partition coefficient (Wildman–Crippen LogP) is 4.87. The maximum absolute atomic E-state index is 12.6. The van der Waals surface area contributed by atoms with E-state index in [-0.39, 0.29) is 5.41 Å². The Morgan fingerprint density at radius 1 is 1.25 bits per heavy atom. The van der Waals surface area contributed by atoms with Gasteiger partial charge in [0.05, 0.1) is 13.2 Å². The van der Waals surface area contributed by atoms with E-state index in [1.807, 2.05) is 51.1 Å². The van der Waals surface area contributed by atoms with Gasteiger partial charge < -0.3 is 9.05 Å². The van der Waals surface area contributed by atoms with Crippen molar-refractivity contribution in [3.8, 4) is 0 Å². The van der Waals surface area contributed by atoms with Crippen molar-refractivity contribution in [2.24, 2.45) is 5.41 Å². The Kier molecular flexibility index (Phi) is 4.33. The lowest BCUT2D eigenvalue weighted by Gasteiger charge is -2.33. The van der Waals surface area contributed by atoms with Crippen LogP contribution in [0.15, 0.2) is 48.3 Å². The quantitative estimate of drug-likeness (QED) is 0.589. The van der Waals surface area contributed by atoms with E-state index >= 15 is 0 Å². The normalized spacial score (nSPS) is 21.4. The van der Waals surface area contributed by atoms with Crippen LogP contribution in [0.3, 0.4) is 0 Å². The number of hydrogen-bond acceptors (Lipinski definition) is 3. The highest BCUT2D eigenvalue weighted by Gasteiger charge is 2.35. The van der Waals surface area contributed by atoms with Crippen molar-refractivity contribution < 1.29 is 13.6 Å². The Hall–Kier alpha value is -1.15. The summed E-state index contributed by atoms with van der Waals surface area (Å²) in [4.78, 5) is 0. The van der Waals surface area contributed by atoms with Gasteiger partial charge in [0.2, 0.25) is 0 Å². The summed E-state index contributed by atoms with van der Waals surface area (Å²) in [6, 6.07) is 9.74. The van der Waals surface area contributed by atoms with Gasteiger partial charge in [0.25, 0.3) is 0 Å². The van der Waals surface area contributed by atoms with Gasteiger partial charge in [-0.25, -0.2) is 0 Å². The molecule has 0 bridgehead atoms. The minimum absolute atomic E-state index is 0.0993. The summed E-state index contributed by atoms with van der Waals surface area (Å²) >= 11 is 0. The van der Waals surface area contributed by atoms with E-state index in [2.05, 4.69) is 6.58 Å². The van der Waals surface area contributed by atoms with Gasteiger partial charge in [-0.1, -0.05) is 56.3 Å². The average Bonchev–Trinajstić information content (AvgIpc) is 2.41. The highest BCUT2D eigenvalue weighted by atomic mass is 31.2. The van der Waals surface area contributed by atoms with Crippen molar-refractivity contribution >= 4 is 13.2 Å². The molecule has 20 heavy (non-hydrogen) atoms. The summed E-state index contributed by atoms with van der Waals surface area (Å²) in [7, 11) is -3.19. The molecule has 0 amide bonds. The summed E-state index contributed by atoms with van der Waals surface area (Å²) < 4.78 is 23.6. The molecule has 3 nitrogen and oxygen atoms in total. The lowest BCUT2D eigenvalue weighted by atomic mass is 9.97. The lowest BCUT2D eigenvalue weighted by Crippen LogP contribution is -2.28. The number of hydrogen-bond donors (Lipinski definition) is 0. The van der Waals surface area contributed by atoms with Crippen LogP contribution in [0.5, 0.6) is 0 Å². The van der Waals surface area contributed by atoms with Crippen LogP contribution in [-0.4, -0.2) is 13.2 Å². The van der Waals surface area contributed by atoms with E-state index < -0.39 is 7.60 Å². The van der Waals surface area contributed by atoms with Gasteiger partial charge in [-0.3, -0.25) is 4.57 Å². The third-order valence-electron chi connectivity index (χ3n) is 3.10. The summed E-state index contributed by atoms with van der Waals surface area (Å²) in [5.74, 6) is 1.60. The van der Waals surface area contributed by atoms with Gasteiger partial charge in [-0.15, -0.1) is 0 Å². The Bertz CT molecular complexity index is 559. The average molecular weight is 292 g/mol. The first-order valence-electron chi connectivity index (χ1n) is 6.64. The second-order valence-electron chi connectivity index (χ2n) is 5.94. The molecule has 1 saturated heterocycles. The third-order valence-corrected chi connectivity index (χ3v) is 4.65. The maximum atomic E-state index is 12.6. The van der Waals surface area contributed by atoms with Gasteiger partial charge in [0.15, 0.2) is 0 Å². The molecule has 1 fully saturated rings. The van der Waals surface area contributed by atoms with E-state index in [1.54, 1.807) is 5.82 Å². The Labute approximate surface area is 120 Å². The second-order valence-corrected chi connectivity index (χ2v) is 7.79. The van der Waals surface area contributed by atoms with E-state index in [9.17, 15) is 4.57 Å². The zero-order chi connectivity index (χ0) is 14.8. The molecule has 1 heterocycles. The highest BCUT2D eigenvalue weighted by Crippen LogP contribution is 2.56. The van der Waals surface area contributed by atoms with Gasteiger partial charge in [0, 0.05) is 11.2 Å². The molecule has 108 valence electrons. The van der Waals surface area contributed by atoms with Crippen LogP contribution in [0.1, 0.15) is 26.3 Å². The molecule has 0 N–H and O–H groups in total. The lowest BCUT2D eigenvalue weighted by molar-refractivity contribution is 0.0458. The molecule has 0 radical (unpaired) electrons. The molecule has 2 rings (SSSR count). The van der Waals surface area contributed by atoms with Gasteiger partial charge in [-0.2, -0.15) is 0 Å². The standard InChI is InChI=1S/C16H21O3P/c1-13(2)15(14-8-6-5-7-9-14)10-20(17)18-11-16(3,4)12-19-20/h5-10H,1,11-12H2,2-4H3/b15-10-. The summed E-state index contributed by atoms with van der Waals surface area (Å²) in [5, 5.41) is 0. The van der Waals surface area contributed by atoms with Gasteiger partial charge >= 0.3 is 7.60 Å². The minimum Gasteiger partial charge on any atom is -0.305 e. The van der Waals surface area contributed by atoms with Crippen LogP contribution in [-0.2, 0) is 13.6 Å². The molecule has 0 aromatic heterocycles. The fourth-order valence-electron chi connectivity index (χ4n) is 1.89. The molecule has 4 heteroatoms. The predicted molar refractivity (Wildman–Crippen MR) is 82.5 cm³/mol. The van der Waals surface area contributed by atoms with Crippen molar-refractivity contribution in [1.29, 1.82) is 0 Å². The molecular weight excluding hydrogens is 271 g/mol. The number of allylic oxidation sites excluding steroid dienone is 2. The second kappa shape index (κ2) is 5.69. The molecule has 1 aromatic rings. The Balaban J connectivity index is 2.31. The fraction of sp³-hybridized carbons (Fsp3) is 0.375. The molecule has 1 aliphatic rings. The van der Waals surface area contributed by atoms with Gasteiger partial charge in [0.1, 0.15) is 0 Å². The Morgan fingerprint density at radius 3 is 2.30 bits per heavy atom. The smallest absolute Gasteiger partial charge is 0.305 e. The molecular formula is C16H21O3P. The molecule has 0 aliphatic carbocycles. The molecule has 1 aliphatic heterocycles. The molecule has 0 atom stereocenters. The molecule has 0 spiro atoms. The molecule has 0 unspecified atom stereocenters. The van der Waals surface area contributed by atoms with Crippen molar-refractivity contribution in [2.45, 2.75) is 20.8 Å². The maximum Gasteiger partial charge on any atom is 0.354 e. The molecule has 1 aromatic carbocycles. The number of rotatable bonds is 3. The fourth-order valence-corrected chi connectivity index (χ4v) is 3.86. The van der Waals surface area contributed by atoms with Crippen molar-refractivity contribution in [3.63, 3.8) is 0 Å². The zero-order valence-corrected chi connectivity index (χ0v) is 13.2. The van der Waals surface area contributed by atoms with Crippen molar-refractivity contribution in [1.82, 2.24) is 0 Å². The zero-order valence-electron chi connectivity index (χ0n) is 12.3. The van der Waals surface area contributed by atoms with Crippen LogP contribution in [0.25, 0.3) is 5.57 Å². The first-order chi connectivity index (χ1) is 9.31. The Morgan fingerprint density at radius 2 is 1.80 bits per heavy atom. The largest absolute Gasteiger partial charge is 0.354 e. The topological polar surface area (TPSA) is 35.5 Å². The van der Waals surface area contributed by atoms with E-state index in [4.69, 9.17) is 9.05 Å². The van der Waals surface area contributed by atoms with Crippen LogP contribution in [0.2, 0.25) is 0 Å². The first-order valence-corrected chi connectivity index (χ1v) is 8.26. The monoisotopic (exact) mass is 292 g/mol. The summed E-state index contributed by atoms with van der Waals surface area (Å²) in [6.07, 6.45) is 0. The van der Waals surface area contributed by atoms with E-state index in [0.29, 0.717) is 13.2 Å². The third kappa shape index (κ3) is 3.69. The minimum atomic E-state index is -3.19. The molecule has 0 saturated carbocycles. The van der Waals surface area contributed by atoms with Crippen LogP contribution in [0, 0.1) is 5.41 Å². The SMILES string of the molecule is C=C(C)/C(=C/P1(=O)OCC(C)(C)CO1)c1ccccc1. The van der Waals surface area contributed by atoms with Crippen LogP contribution in [0.4, 0.5) is 0 Å². The summed E-state index contributed by atoms with van der Waals surface area (Å²) in [6.45, 7) is 10.8. The number of benzene rings is 1. The van der Waals surface area contributed by atoms with E-state index in [0.717, 1.165) is 16.7 Å². The first kappa shape index (κ1) is 15.2. The van der Waals surface area contributed by atoms with Crippen molar-refractivity contribution in [2.75, 3.05) is 13.2 Å². The van der Waals surface area contributed by atoms with E-state index in [1.165, 1.54) is 0 Å². The van der Waals surface area contributed by atoms with Crippen molar-refractivity contribution in [3.05, 3.63) is 53.9 Å². The summed E-state index contributed by atoms with van der Waals surface area (Å²) in [5.41, 5.74) is 2.52. The van der Waals surface area contributed by atoms with Crippen LogP contribution >= 0.6 is 7.60 Å². The van der Waals surface area contributed by atoms with Crippen LogP contribution < -0.4 is 0 Å². The van der Waals surface area contributed by atoms with Gasteiger partial charge in [-0.05, 0) is 18.1 Å². The highest BCUT2D eigenvalue weighted by molar-refractivity contribution is 7.57.